The first-order valence-corrected chi connectivity index (χ1v) is 8.20. The van der Waals surface area contributed by atoms with Crippen LogP contribution in [0.15, 0.2) is 24.3 Å². The fourth-order valence-electron chi connectivity index (χ4n) is 2.56. The van der Waals surface area contributed by atoms with Gasteiger partial charge in [-0.3, -0.25) is 0 Å². The molecule has 1 atom stereocenters. The number of rotatable bonds is 1. The molecule has 1 aliphatic heterocycles. The van der Waals surface area contributed by atoms with Crippen LogP contribution in [0.1, 0.15) is 45.2 Å². The summed E-state index contributed by atoms with van der Waals surface area (Å²) in [5.74, 6) is 0. The lowest BCUT2D eigenvalue weighted by atomic mass is 10.0. The lowest BCUT2D eigenvalue weighted by molar-refractivity contribution is 0.0237. The van der Waals surface area contributed by atoms with Gasteiger partial charge in [-0.2, -0.15) is 0 Å². The lowest BCUT2D eigenvalue weighted by Gasteiger charge is -2.31. The maximum absolute atomic E-state index is 12.1. The van der Waals surface area contributed by atoms with Crippen LogP contribution in [0.3, 0.4) is 0 Å². The summed E-state index contributed by atoms with van der Waals surface area (Å²) < 4.78 is 5.44. The monoisotopic (exact) mass is 324 g/mol. The van der Waals surface area contributed by atoms with Gasteiger partial charge in [-0.15, -0.1) is 0 Å². The Morgan fingerprint density at radius 2 is 1.95 bits per heavy atom. The minimum atomic E-state index is -0.446. The highest BCUT2D eigenvalue weighted by atomic mass is 35.5. The predicted molar refractivity (Wildman–Crippen MR) is 89.2 cm³/mol. The SMILES string of the molecule is CC(C)(C)OC(=O)N1CCCC(c2ccc(Cl)cc2)NCC1. The summed E-state index contributed by atoms with van der Waals surface area (Å²) in [5, 5.41) is 4.27. The first kappa shape index (κ1) is 17.1. The van der Waals surface area contributed by atoms with E-state index in [1.54, 1.807) is 4.90 Å². The molecule has 1 aliphatic rings. The van der Waals surface area contributed by atoms with Gasteiger partial charge in [0.25, 0.3) is 0 Å². The van der Waals surface area contributed by atoms with E-state index in [2.05, 4.69) is 17.4 Å². The molecule has 0 radical (unpaired) electrons. The Kier molecular flexibility index (Phi) is 5.70. The van der Waals surface area contributed by atoms with Gasteiger partial charge in [0.1, 0.15) is 5.60 Å². The molecule has 5 heteroatoms. The van der Waals surface area contributed by atoms with E-state index in [9.17, 15) is 4.79 Å². The first-order chi connectivity index (χ1) is 10.3. The van der Waals surface area contributed by atoms with E-state index < -0.39 is 5.60 Å². The molecule has 1 heterocycles. The van der Waals surface area contributed by atoms with Gasteiger partial charge >= 0.3 is 6.09 Å². The lowest BCUT2D eigenvalue weighted by Crippen LogP contribution is -2.43. The van der Waals surface area contributed by atoms with E-state index in [0.717, 1.165) is 31.0 Å². The van der Waals surface area contributed by atoms with Crippen molar-refractivity contribution in [1.82, 2.24) is 10.2 Å². The van der Waals surface area contributed by atoms with E-state index in [0.29, 0.717) is 12.6 Å². The van der Waals surface area contributed by atoms with Crippen molar-refractivity contribution >= 4 is 17.7 Å². The summed E-state index contributed by atoms with van der Waals surface area (Å²) in [4.78, 5) is 13.9. The molecule has 1 saturated heterocycles. The van der Waals surface area contributed by atoms with Gasteiger partial charge in [-0.1, -0.05) is 23.7 Å². The minimum absolute atomic E-state index is 0.223. The Morgan fingerprint density at radius 1 is 1.27 bits per heavy atom. The number of ether oxygens (including phenoxy) is 1. The smallest absolute Gasteiger partial charge is 0.410 e. The third kappa shape index (κ3) is 5.18. The summed E-state index contributed by atoms with van der Waals surface area (Å²) in [6.45, 7) is 7.84. The zero-order valence-corrected chi connectivity index (χ0v) is 14.3. The third-order valence-electron chi connectivity index (χ3n) is 3.62. The number of benzene rings is 1. The molecule has 1 unspecified atom stereocenters. The Balaban J connectivity index is 1.90. The van der Waals surface area contributed by atoms with Crippen LogP contribution in [-0.2, 0) is 4.74 Å². The molecule has 1 aromatic rings. The molecule has 2 rings (SSSR count). The maximum atomic E-state index is 12.1. The van der Waals surface area contributed by atoms with Crippen LogP contribution in [0, 0.1) is 0 Å². The number of nitrogens with zero attached hydrogens (tertiary/aromatic N) is 1. The number of nitrogens with one attached hydrogen (secondary N) is 1. The van der Waals surface area contributed by atoms with Crippen LogP contribution in [0.25, 0.3) is 0 Å². The predicted octanol–water partition coefficient (Wildman–Crippen LogP) is 4.00. The van der Waals surface area contributed by atoms with Crippen LogP contribution >= 0.6 is 11.6 Å². The van der Waals surface area contributed by atoms with Crippen molar-refractivity contribution in [3.63, 3.8) is 0 Å². The summed E-state index contributed by atoms with van der Waals surface area (Å²) in [5.41, 5.74) is 0.800. The maximum Gasteiger partial charge on any atom is 0.410 e. The molecule has 0 bridgehead atoms. The molecular formula is C17H25ClN2O2. The summed E-state index contributed by atoms with van der Waals surface area (Å²) in [6.07, 6.45) is 1.71. The molecule has 1 N–H and O–H groups in total. The number of halogens is 1. The normalized spacial score (nSPS) is 20.2. The van der Waals surface area contributed by atoms with Crippen LogP contribution in [0.2, 0.25) is 5.02 Å². The van der Waals surface area contributed by atoms with E-state index in [-0.39, 0.29) is 6.09 Å². The highest BCUT2D eigenvalue weighted by Gasteiger charge is 2.24. The Hall–Kier alpha value is -1.26. The standard InChI is InChI=1S/C17H25ClN2O2/c1-17(2,3)22-16(21)20-11-4-5-15(19-10-12-20)13-6-8-14(18)9-7-13/h6-9,15,19H,4-5,10-12H2,1-3H3. The summed E-state index contributed by atoms with van der Waals surface area (Å²) >= 11 is 5.94. The third-order valence-corrected chi connectivity index (χ3v) is 3.87. The molecule has 1 amide bonds. The fourth-order valence-corrected chi connectivity index (χ4v) is 2.69. The van der Waals surface area contributed by atoms with Crippen LogP contribution in [0.4, 0.5) is 4.79 Å². The second-order valence-electron chi connectivity index (χ2n) is 6.67. The van der Waals surface area contributed by atoms with Crippen molar-refractivity contribution in [2.24, 2.45) is 0 Å². The summed E-state index contributed by atoms with van der Waals surface area (Å²) in [7, 11) is 0. The molecule has 0 aliphatic carbocycles. The Bertz CT molecular complexity index is 486. The molecule has 22 heavy (non-hydrogen) atoms. The van der Waals surface area contributed by atoms with Crippen molar-refractivity contribution in [3.8, 4) is 0 Å². The molecule has 0 saturated carbocycles. The molecule has 122 valence electrons. The number of carbonyl (C=O) groups is 1. The summed E-state index contributed by atoms with van der Waals surface area (Å²) in [6, 6.07) is 8.29. The van der Waals surface area contributed by atoms with Gasteiger partial charge in [0, 0.05) is 30.7 Å². The average Bonchev–Trinajstić information content (AvgIpc) is 2.38. The highest BCUT2D eigenvalue weighted by Crippen LogP contribution is 2.22. The van der Waals surface area contributed by atoms with E-state index in [1.807, 2.05) is 32.9 Å². The van der Waals surface area contributed by atoms with Crippen LogP contribution < -0.4 is 5.32 Å². The van der Waals surface area contributed by atoms with Gasteiger partial charge in [-0.25, -0.2) is 4.79 Å². The number of amides is 1. The van der Waals surface area contributed by atoms with Gasteiger partial charge in [0.15, 0.2) is 0 Å². The van der Waals surface area contributed by atoms with Gasteiger partial charge in [0.2, 0.25) is 0 Å². The van der Waals surface area contributed by atoms with Crippen molar-refractivity contribution in [3.05, 3.63) is 34.9 Å². The minimum Gasteiger partial charge on any atom is -0.444 e. The number of carbonyl (C=O) groups excluding carboxylic acids is 1. The molecule has 1 aromatic carbocycles. The highest BCUT2D eigenvalue weighted by molar-refractivity contribution is 6.30. The van der Waals surface area contributed by atoms with Crippen molar-refractivity contribution < 1.29 is 9.53 Å². The van der Waals surface area contributed by atoms with E-state index in [4.69, 9.17) is 16.3 Å². The van der Waals surface area contributed by atoms with Gasteiger partial charge in [0.05, 0.1) is 0 Å². The Morgan fingerprint density at radius 3 is 2.59 bits per heavy atom. The topological polar surface area (TPSA) is 41.6 Å². The zero-order valence-electron chi connectivity index (χ0n) is 13.6. The van der Waals surface area contributed by atoms with Crippen LogP contribution in [0.5, 0.6) is 0 Å². The second-order valence-corrected chi connectivity index (χ2v) is 7.10. The molecule has 0 spiro atoms. The van der Waals surface area contributed by atoms with Crippen molar-refractivity contribution in [1.29, 1.82) is 0 Å². The molecular weight excluding hydrogens is 300 g/mol. The first-order valence-electron chi connectivity index (χ1n) is 7.82. The number of hydrogen-bond donors (Lipinski definition) is 1. The largest absolute Gasteiger partial charge is 0.444 e. The second kappa shape index (κ2) is 7.34. The fraction of sp³-hybridized carbons (Fsp3) is 0.588. The molecule has 0 aromatic heterocycles. The number of hydrogen-bond acceptors (Lipinski definition) is 3. The molecule has 4 nitrogen and oxygen atoms in total. The van der Waals surface area contributed by atoms with Gasteiger partial charge < -0.3 is 15.0 Å². The van der Waals surface area contributed by atoms with E-state index in [1.165, 1.54) is 5.56 Å². The van der Waals surface area contributed by atoms with Crippen molar-refractivity contribution in [2.45, 2.75) is 45.3 Å². The average molecular weight is 325 g/mol. The van der Waals surface area contributed by atoms with Crippen LogP contribution in [-0.4, -0.2) is 36.2 Å². The Labute approximate surface area is 137 Å². The zero-order chi connectivity index (χ0) is 16.2. The quantitative estimate of drug-likeness (QED) is 0.849. The van der Waals surface area contributed by atoms with Crippen molar-refractivity contribution in [2.75, 3.05) is 19.6 Å². The van der Waals surface area contributed by atoms with Gasteiger partial charge in [-0.05, 0) is 51.3 Å². The molecule has 1 fully saturated rings. The van der Waals surface area contributed by atoms with E-state index >= 15 is 0 Å².